The highest BCUT2D eigenvalue weighted by molar-refractivity contribution is 6.22. The number of anilines is 3. The molecular formula is C36H40N2O5. The molecule has 0 spiro atoms. The summed E-state index contributed by atoms with van der Waals surface area (Å²) in [4.78, 5) is 28.8. The van der Waals surface area contributed by atoms with Crippen LogP contribution in [0.2, 0.25) is 0 Å². The lowest BCUT2D eigenvalue weighted by atomic mass is 9.67. The van der Waals surface area contributed by atoms with Crippen molar-refractivity contribution in [2.45, 2.75) is 52.1 Å². The van der Waals surface area contributed by atoms with Crippen molar-refractivity contribution in [2.24, 2.45) is 17.8 Å². The monoisotopic (exact) mass is 580 g/mol. The molecular weight excluding hydrogens is 540 g/mol. The standard InChI is InChI=1S/C36H40N2O5/c1-3-23(20-25-10-8-9-13-31(25)40)14-19-32(41)33-24(4-2)21-29-34(30(33)22-39)36(43)38(35(29)42)28-17-15-27(16-18-28)37-26-11-6-5-7-12-26/h5-13,15-18,20,29-30,32,34,37,39-41H,3-4,14,19,21-22H2,1-2H3/b23-20+/t29-,30+,32-,34-/m1/s1. The summed E-state index contributed by atoms with van der Waals surface area (Å²) in [5.74, 6) is -2.29. The van der Waals surface area contributed by atoms with E-state index in [4.69, 9.17) is 0 Å². The summed E-state index contributed by atoms with van der Waals surface area (Å²) < 4.78 is 0. The molecule has 1 heterocycles. The molecule has 0 unspecified atom stereocenters. The Bertz CT molecular complexity index is 1510. The SMILES string of the molecule is CCC1=C([C@H](O)CC/C(=C/c2ccccc2O)CC)[C@H](CO)[C@@H]2C(=O)N(c3ccc(Nc4ccccc4)cc3)C(=O)[C@@H]2C1. The van der Waals surface area contributed by atoms with E-state index in [-0.39, 0.29) is 24.2 Å². The van der Waals surface area contributed by atoms with E-state index >= 15 is 0 Å². The first kappa shape index (κ1) is 30.3. The van der Waals surface area contributed by atoms with Crippen LogP contribution in [0.15, 0.2) is 95.6 Å². The van der Waals surface area contributed by atoms with Gasteiger partial charge in [-0.3, -0.25) is 14.5 Å². The number of fused-ring (bicyclic) bond motifs is 1. The second-order valence-electron chi connectivity index (χ2n) is 11.4. The average molecular weight is 581 g/mol. The van der Waals surface area contributed by atoms with Gasteiger partial charge in [0.15, 0.2) is 0 Å². The molecule has 3 aromatic carbocycles. The number of phenolic OH excluding ortho intramolecular Hbond substituents is 1. The Morgan fingerprint density at radius 1 is 0.953 bits per heavy atom. The molecule has 2 amide bonds. The third kappa shape index (κ3) is 6.28. The smallest absolute Gasteiger partial charge is 0.238 e. The van der Waals surface area contributed by atoms with Gasteiger partial charge < -0.3 is 20.6 Å². The summed E-state index contributed by atoms with van der Waals surface area (Å²) in [6.07, 6.45) is 3.90. The van der Waals surface area contributed by atoms with Crippen molar-refractivity contribution in [2.75, 3.05) is 16.8 Å². The van der Waals surface area contributed by atoms with Crippen LogP contribution < -0.4 is 10.2 Å². The molecule has 0 aromatic heterocycles. The van der Waals surface area contributed by atoms with E-state index in [1.807, 2.05) is 74.5 Å². The Balaban J connectivity index is 1.34. The molecule has 1 fully saturated rings. The third-order valence-electron chi connectivity index (χ3n) is 8.84. The molecule has 7 heteroatoms. The molecule has 2 aliphatic rings. The zero-order valence-corrected chi connectivity index (χ0v) is 24.7. The van der Waals surface area contributed by atoms with E-state index in [9.17, 15) is 24.9 Å². The Morgan fingerprint density at radius 2 is 1.63 bits per heavy atom. The van der Waals surface area contributed by atoms with Gasteiger partial charge in [0.1, 0.15) is 5.75 Å². The number of aromatic hydroxyl groups is 1. The first-order valence-corrected chi connectivity index (χ1v) is 15.1. The quantitative estimate of drug-likeness (QED) is 0.150. The molecule has 224 valence electrons. The van der Waals surface area contributed by atoms with Gasteiger partial charge in [-0.1, -0.05) is 67.5 Å². The Morgan fingerprint density at radius 3 is 2.28 bits per heavy atom. The zero-order valence-electron chi connectivity index (χ0n) is 24.7. The maximum absolute atomic E-state index is 13.8. The van der Waals surface area contributed by atoms with E-state index < -0.39 is 23.9 Å². The number of amides is 2. The number of rotatable bonds is 11. The number of carbonyl (C=O) groups excluding carboxylic acids is 2. The fourth-order valence-corrected chi connectivity index (χ4v) is 6.59. The second kappa shape index (κ2) is 13.4. The van der Waals surface area contributed by atoms with Crippen molar-refractivity contribution >= 4 is 35.0 Å². The number of hydrogen-bond acceptors (Lipinski definition) is 6. The van der Waals surface area contributed by atoms with Gasteiger partial charge in [-0.05, 0) is 80.1 Å². The second-order valence-corrected chi connectivity index (χ2v) is 11.4. The van der Waals surface area contributed by atoms with Gasteiger partial charge in [-0.15, -0.1) is 0 Å². The van der Waals surface area contributed by atoms with Gasteiger partial charge in [0.2, 0.25) is 11.8 Å². The van der Waals surface area contributed by atoms with Crippen molar-refractivity contribution in [1.29, 1.82) is 0 Å². The fraction of sp³-hybridized carbons (Fsp3) is 0.333. The number of nitrogens with one attached hydrogen (secondary N) is 1. The van der Waals surface area contributed by atoms with Gasteiger partial charge in [-0.25, -0.2) is 0 Å². The van der Waals surface area contributed by atoms with Gasteiger partial charge in [0, 0.05) is 22.9 Å². The van der Waals surface area contributed by atoms with Crippen LogP contribution in [0.1, 0.15) is 51.5 Å². The topological polar surface area (TPSA) is 110 Å². The lowest BCUT2D eigenvalue weighted by Gasteiger charge is -2.36. The summed E-state index contributed by atoms with van der Waals surface area (Å²) in [5, 5.41) is 35.6. The van der Waals surface area contributed by atoms with Crippen LogP contribution >= 0.6 is 0 Å². The summed E-state index contributed by atoms with van der Waals surface area (Å²) >= 11 is 0. The molecule has 5 rings (SSSR count). The maximum Gasteiger partial charge on any atom is 0.238 e. The van der Waals surface area contributed by atoms with Crippen LogP contribution in [-0.2, 0) is 9.59 Å². The van der Waals surface area contributed by atoms with Crippen molar-refractivity contribution < 1.29 is 24.9 Å². The predicted octanol–water partition coefficient (Wildman–Crippen LogP) is 6.59. The number of benzene rings is 3. The van der Waals surface area contributed by atoms with Crippen LogP contribution in [0.3, 0.4) is 0 Å². The molecule has 1 aliphatic heterocycles. The minimum atomic E-state index is -0.854. The van der Waals surface area contributed by atoms with E-state index in [1.165, 1.54) is 4.90 Å². The molecule has 7 nitrogen and oxygen atoms in total. The van der Waals surface area contributed by atoms with Gasteiger partial charge in [0.25, 0.3) is 0 Å². The number of hydrogen-bond donors (Lipinski definition) is 4. The van der Waals surface area contributed by atoms with Crippen LogP contribution in [0.25, 0.3) is 6.08 Å². The molecule has 43 heavy (non-hydrogen) atoms. The first-order chi connectivity index (χ1) is 20.9. The average Bonchev–Trinajstić information content (AvgIpc) is 3.28. The highest BCUT2D eigenvalue weighted by Gasteiger charge is 2.55. The van der Waals surface area contributed by atoms with Crippen LogP contribution in [0, 0.1) is 17.8 Å². The molecule has 0 saturated carbocycles. The zero-order chi connectivity index (χ0) is 30.5. The number of allylic oxidation sites excluding steroid dienone is 2. The van der Waals surface area contributed by atoms with Gasteiger partial charge in [0.05, 0.1) is 30.2 Å². The highest BCUT2D eigenvalue weighted by atomic mass is 16.3. The molecule has 0 bridgehead atoms. The number of phenols is 1. The fourth-order valence-electron chi connectivity index (χ4n) is 6.59. The summed E-state index contributed by atoms with van der Waals surface area (Å²) in [5.41, 5.74) is 5.73. The van der Waals surface area contributed by atoms with Crippen LogP contribution in [0.5, 0.6) is 5.75 Å². The Hall–Kier alpha value is -4.20. The van der Waals surface area contributed by atoms with Crippen molar-refractivity contribution in [1.82, 2.24) is 0 Å². The molecule has 1 saturated heterocycles. The van der Waals surface area contributed by atoms with Crippen LogP contribution in [0.4, 0.5) is 17.1 Å². The summed E-state index contributed by atoms with van der Waals surface area (Å²) in [7, 11) is 0. The molecule has 4 N–H and O–H groups in total. The molecule has 0 radical (unpaired) electrons. The Kier molecular flexibility index (Phi) is 9.43. The Labute approximate surface area is 253 Å². The minimum absolute atomic E-state index is 0.208. The van der Waals surface area contributed by atoms with Gasteiger partial charge in [-0.2, -0.15) is 0 Å². The number of para-hydroxylation sites is 2. The lowest BCUT2D eigenvalue weighted by Crippen LogP contribution is -2.39. The van der Waals surface area contributed by atoms with Crippen LogP contribution in [-0.4, -0.2) is 39.8 Å². The minimum Gasteiger partial charge on any atom is -0.507 e. The molecule has 4 atom stereocenters. The highest BCUT2D eigenvalue weighted by Crippen LogP contribution is 2.48. The number of aliphatic hydroxyl groups is 2. The maximum atomic E-state index is 13.8. The van der Waals surface area contributed by atoms with E-state index in [2.05, 4.69) is 5.32 Å². The predicted molar refractivity (Wildman–Crippen MR) is 170 cm³/mol. The third-order valence-corrected chi connectivity index (χ3v) is 8.84. The van der Waals surface area contributed by atoms with Crippen molar-refractivity contribution in [3.05, 3.63) is 101 Å². The normalized spacial score (nSPS) is 21.3. The largest absolute Gasteiger partial charge is 0.507 e. The summed E-state index contributed by atoms with van der Waals surface area (Å²) in [6, 6.07) is 24.1. The van der Waals surface area contributed by atoms with Gasteiger partial charge >= 0.3 is 0 Å². The van der Waals surface area contributed by atoms with E-state index in [0.717, 1.165) is 34.5 Å². The van der Waals surface area contributed by atoms with E-state index in [1.54, 1.807) is 24.3 Å². The number of nitrogens with zero attached hydrogens (tertiary/aromatic N) is 1. The number of imide groups is 1. The number of carbonyl (C=O) groups is 2. The lowest BCUT2D eigenvalue weighted by molar-refractivity contribution is -0.123. The summed E-state index contributed by atoms with van der Waals surface area (Å²) in [6.45, 7) is 3.71. The number of aliphatic hydroxyl groups excluding tert-OH is 2. The van der Waals surface area contributed by atoms with E-state index in [0.29, 0.717) is 36.9 Å². The first-order valence-electron chi connectivity index (χ1n) is 15.1. The molecule has 1 aliphatic carbocycles. The van der Waals surface area contributed by atoms with Crippen molar-refractivity contribution in [3.63, 3.8) is 0 Å². The molecule has 3 aromatic rings. The van der Waals surface area contributed by atoms with Crippen molar-refractivity contribution in [3.8, 4) is 5.75 Å².